The SMILES string of the molecule is C#CCc1cccc(-c2nc(N3CCOCC3)c3nc4n(c3n2)CCOC4(C)C)c1. The van der Waals surface area contributed by atoms with Gasteiger partial charge < -0.3 is 18.9 Å². The van der Waals surface area contributed by atoms with Crippen LogP contribution in [0, 0.1) is 12.3 Å². The van der Waals surface area contributed by atoms with Crippen LogP contribution in [-0.2, 0) is 28.0 Å². The number of terminal acetylenes is 1. The van der Waals surface area contributed by atoms with Crippen molar-refractivity contribution in [2.45, 2.75) is 32.4 Å². The number of ether oxygens (including phenoxy) is 2. The van der Waals surface area contributed by atoms with E-state index in [1.165, 1.54) is 0 Å². The Morgan fingerprint density at radius 3 is 2.73 bits per heavy atom. The molecule has 154 valence electrons. The summed E-state index contributed by atoms with van der Waals surface area (Å²) in [5.74, 6) is 5.15. The Labute approximate surface area is 176 Å². The molecule has 0 aliphatic carbocycles. The average molecular weight is 403 g/mol. The molecule has 30 heavy (non-hydrogen) atoms. The van der Waals surface area contributed by atoms with Crippen LogP contribution in [0.15, 0.2) is 24.3 Å². The van der Waals surface area contributed by atoms with Crippen LogP contribution >= 0.6 is 0 Å². The maximum absolute atomic E-state index is 5.98. The molecule has 0 unspecified atom stereocenters. The highest BCUT2D eigenvalue weighted by atomic mass is 16.5. The van der Waals surface area contributed by atoms with Crippen LogP contribution in [0.3, 0.4) is 0 Å². The van der Waals surface area contributed by atoms with Gasteiger partial charge in [-0.05, 0) is 25.5 Å². The summed E-state index contributed by atoms with van der Waals surface area (Å²) in [7, 11) is 0. The molecule has 0 bridgehead atoms. The van der Waals surface area contributed by atoms with Gasteiger partial charge in [0.25, 0.3) is 0 Å². The van der Waals surface area contributed by atoms with Gasteiger partial charge in [0.1, 0.15) is 11.4 Å². The molecule has 0 spiro atoms. The quantitative estimate of drug-likeness (QED) is 0.627. The van der Waals surface area contributed by atoms with Crippen molar-refractivity contribution in [3.8, 4) is 23.7 Å². The minimum atomic E-state index is -0.464. The first-order valence-electron chi connectivity index (χ1n) is 10.3. The molecule has 1 fully saturated rings. The Kier molecular flexibility index (Phi) is 4.69. The van der Waals surface area contributed by atoms with Crippen molar-refractivity contribution >= 4 is 17.0 Å². The average Bonchev–Trinajstić information content (AvgIpc) is 3.14. The molecule has 5 rings (SSSR count). The molecule has 7 heteroatoms. The van der Waals surface area contributed by atoms with E-state index in [0.717, 1.165) is 53.6 Å². The van der Waals surface area contributed by atoms with Gasteiger partial charge in [0.15, 0.2) is 22.8 Å². The number of imidazole rings is 1. The van der Waals surface area contributed by atoms with Crippen LogP contribution in [-0.4, -0.2) is 52.4 Å². The second-order valence-electron chi connectivity index (χ2n) is 8.17. The monoisotopic (exact) mass is 403 g/mol. The Morgan fingerprint density at radius 2 is 1.93 bits per heavy atom. The van der Waals surface area contributed by atoms with E-state index in [9.17, 15) is 0 Å². The fraction of sp³-hybridized carbons (Fsp3) is 0.435. The van der Waals surface area contributed by atoms with Gasteiger partial charge in [0, 0.05) is 31.6 Å². The van der Waals surface area contributed by atoms with Crippen molar-refractivity contribution in [3.63, 3.8) is 0 Å². The molecule has 2 aliphatic heterocycles. The molecule has 0 saturated carbocycles. The molecule has 0 N–H and O–H groups in total. The number of nitrogens with zero attached hydrogens (tertiary/aromatic N) is 5. The van der Waals surface area contributed by atoms with Crippen LogP contribution in [0.1, 0.15) is 25.2 Å². The van der Waals surface area contributed by atoms with E-state index in [1.54, 1.807) is 0 Å². The van der Waals surface area contributed by atoms with E-state index in [-0.39, 0.29) is 0 Å². The zero-order valence-corrected chi connectivity index (χ0v) is 17.4. The fourth-order valence-electron chi connectivity index (χ4n) is 4.18. The van der Waals surface area contributed by atoms with E-state index < -0.39 is 5.60 Å². The lowest BCUT2D eigenvalue weighted by molar-refractivity contribution is -0.0530. The highest BCUT2D eigenvalue weighted by molar-refractivity contribution is 5.86. The number of anilines is 1. The summed E-state index contributed by atoms with van der Waals surface area (Å²) in [6.45, 7) is 8.39. The predicted octanol–water partition coefficient (Wildman–Crippen LogP) is 2.77. The van der Waals surface area contributed by atoms with E-state index in [0.29, 0.717) is 32.1 Å². The van der Waals surface area contributed by atoms with E-state index >= 15 is 0 Å². The first-order valence-corrected chi connectivity index (χ1v) is 10.3. The number of rotatable bonds is 3. The van der Waals surface area contributed by atoms with Gasteiger partial charge in [-0.2, -0.15) is 0 Å². The summed E-state index contributed by atoms with van der Waals surface area (Å²) in [4.78, 5) is 17.2. The first-order chi connectivity index (χ1) is 14.6. The molecule has 0 radical (unpaired) electrons. The lowest BCUT2D eigenvalue weighted by Crippen LogP contribution is -2.37. The minimum absolute atomic E-state index is 0.464. The van der Waals surface area contributed by atoms with Crippen LogP contribution in [0.4, 0.5) is 5.82 Å². The minimum Gasteiger partial charge on any atom is -0.378 e. The van der Waals surface area contributed by atoms with Crippen LogP contribution < -0.4 is 4.90 Å². The first kappa shape index (κ1) is 19.0. The number of hydrogen-bond acceptors (Lipinski definition) is 6. The van der Waals surface area contributed by atoms with Crippen molar-refractivity contribution in [1.82, 2.24) is 19.5 Å². The van der Waals surface area contributed by atoms with Crippen LogP contribution in [0.5, 0.6) is 0 Å². The zero-order chi connectivity index (χ0) is 20.7. The van der Waals surface area contributed by atoms with E-state index in [2.05, 4.69) is 35.3 Å². The van der Waals surface area contributed by atoms with Crippen molar-refractivity contribution in [2.75, 3.05) is 37.8 Å². The summed E-state index contributed by atoms with van der Waals surface area (Å²) < 4.78 is 13.7. The Hall–Kier alpha value is -2.95. The zero-order valence-electron chi connectivity index (χ0n) is 17.4. The summed E-state index contributed by atoms with van der Waals surface area (Å²) in [6, 6.07) is 8.15. The maximum atomic E-state index is 5.98. The molecule has 0 amide bonds. The highest BCUT2D eigenvalue weighted by Gasteiger charge is 2.34. The number of benzene rings is 1. The van der Waals surface area contributed by atoms with Gasteiger partial charge >= 0.3 is 0 Å². The molecule has 3 aromatic rings. The smallest absolute Gasteiger partial charge is 0.166 e. The van der Waals surface area contributed by atoms with Crippen molar-refractivity contribution in [3.05, 3.63) is 35.7 Å². The van der Waals surface area contributed by atoms with Crippen molar-refractivity contribution in [1.29, 1.82) is 0 Å². The standard InChI is InChI=1S/C23H25N5O2/c1-4-6-16-7-5-8-17(15-16)19-25-20(27-9-12-29-13-10-27)18-21(26-19)28-11-14-30-23(2,3)22(28)24-18/h1,5,7-8,15H,6,9-14H2,2-3H3. The maximum Gasteiger partial charge on any atom is 0.166 e. The number of morpholine rings is 1. The molecular formula is C23H25N5O2. The molecule has 2 aliphatic rings. The molecule has 7 nitrogen and oxygen atoms in total. The summed E-state index contributed by atoms with van der Waals surface area (Å²) in [5.41, 5.74) is 3.26. The van der Waals surface area contributed by atoms with Crippen LogP contribution in [0.2, 0.25) is 0 Å². The van der Waals surface area contributed by atoms with Crippen molar-refractivity contribution in [2.24, 2.45) is 0 Å². The van der Waals surface area contributed by atoms with Gasteiger partial charge in [0.2, 0.25) is 0 Å². The van der Waals surface area contributed by atoms with E-state index in [4.69, 9.17) is 30.8 Å². The summed E-state index contributed by atoms with van der Waals surface area (Å²) >= 11 is 0. The number of fused-ring (bicyclic) bond motifs is 3. The second kappa shape index (κ2) is 7.38. The third-order valence-electron chi connectivity index (χ3n) is 5.69. The molecule has 0 atom stereocenters. The van der Waals surface area contributed by atoms with E-state index in [1.807, 2.05) is 18.2 Å². The normalized spacial score (nSPS) is 18.2. The molecule has 2 aromatic heterocycles. The fourth-order valence-corrected chi connectivity index (χ4v) is 4.18. The van der Waals surface area contributed by atoms with Gasteiger partial charge in [-0.3, -0.25) is 0 Å². The molecule has 1 saturated heterocycles. The van der Waals surface area contributed by atoms with Crippen molar-refractivity contribution < 1.29 is 9.47 Å². The second-order valence-corrected chi connectivity index (χ2v) is 8.17. The lowest BCUT2D eigenvalue weighted by Gasteiger charge is -2.30. The topological polar surface area (TPSA) is 65.3 Å². The number of hydrogen-bond donors (Lipinski definition) is 0. The molecular weight excluding hydrogens is 378 g/mol. The Morgan fingerprint density at radius 1 is 1.10 bits per heavy atom. The Bertz CT molecular complexity index is 1140. The van der Waals surface area contributed by atoms with Gasteiger partial charge in [-0.15, -0.1) is 12.3 Å². The van der Waals surface area contributed by atoms with Gasteiger partial charge in [-0.1, -0.05) is 18.2 Å². The third-order valence-corrected chi connectivity index (χ3v) is 5.69. The predicted molar refractivity (Wildman–Crippen MR) is 115 cm³/mol. The van der Waals surface area contributed by atoms with Gasteiger partial charge in [0.05, 0.1) is 19.8 Å². The molecule has 4 heterocycles. The van der Waals surface area contributed by atoms with Gasteiger partial charge in [-0.25, -0.2) is 15.0 Å². The highest BCUT2D eigenvalue weighted by Crippen LogP contribution is 2.35. The molecule has 1 aromatic carbocycles. The Balaban J connectivity index is 1.73. The van der Waals surface area contributed by atoms with Crippen LogP contribution in [0.25, 0.3) is 22.6 Å². The summed E-state index contributed by atoms with van der Waals surface area (Å²) in [6.07, 6.45) is 6.09. The lowest BCUT2D eigenvalue weighted by atomic mass is 10.1. The summed E-state index contributed by atoms with van der Waals surface area (Å²) in [5, 5.41) is 0. The largest absolute Gasteiger partial charge is 0.378 e. The number of aromatic nitrogens is 4. The third kappa shape index (κ3) is 3.22.